The topological polar surface area (TPSA) is 64.6 Å². The molecule has 1 N–H and O–H groups in total. The number of alkyl carbamates (subject to hydrolysis) is 1. The highest BCUT2D eigenvalue weighted by atomic mass is 16.5. The van der Waals surface area contributed by atoms with Gasteiger partial charge in [0.2, 0.25) is 0 Å². The largest absolute Gasteiger partial charge is 0.466 e. The predicted molar refractivity (Wildman–Crippen MR) is 60.1 cm³/mol. The van der Waals surface area contributed by atoms with Gasteiger partial charge >= 0.3 is 12.1 Å². The van der Waals surface area contributed by atoms with Crippen LogP contribution in [0.2, 0.25) is 0 Å². The standard InChI is InChI=1S/C11H21NO4/c1-3-6-10(13)15-9-5-7-12-11(14)16-8-4-2/h3-9H2,1-2H3,(H,12,14). The van der Waals surface area contributed by atoms with Crippen LogP contribution in [0.5, 0.6) is 0 Å². The van der Waals surface area contributed by atoms with Gasteiger partial charge < -0.3 is 14.8 Å². The Morgan fingerprint density at radius 2 is 1.81 bits per heavy atom. The van der Waals surface area contributed by atoms with Crippen molar-refractivity contribution in [1.29, 1.82) is 0 Å². The lowest BCUT2D eigenvalue weighted by Crippen LogP contribution is -2.26. The third kappa shape index (κ3) is 9.30. The fourth-order valence-corrected chi connectivity index (χ4v) is 0.971. The quantitative estimate of drug-likeness (QED) is 0.511. The van der Waals surface area contributed by atoms with Gasteiger partial charge in [-0.1, -0.05) is 13.8 Å². The molecule has 1 amide bonds. The van der Waals surface area contributed by atoms with Crippen LogP contribution in [0.3, 0.4) is 0 Å². The van der Waals surface area contributed by atoms with Crippen LogP contribution < -0.4 is 5.32 Å². The number of carbonyl (C=O) groups excluding carboxylic acids is 2. The molecule has 0 aromatic carbocycles. The Labute approximate surface area is 96.5 Å². The minimum absolute atomic E-state index is 0.184. The molecule has 0 aromatic rings. The highest BCUT2D eigenvalue weighted by Gasteiger charge is 2.01. The lowest BCUT2D eigenvalue weighted by atomic mass is 10.3. The van der Waals surface area contributed by atoms with Crippen molar-refractivity contribution in [2.75, 3.05) is 19.8 Å². The van der Waals surface area contributed by atoms with E-state index >= 15 is 0 Å². The van der Waals surface area contributed by atoms with Crippen molar-refractivity contribution >= 4 is 12.1 Å². The van der Waals surface area contributed by atoms with Crippen molar-refractivity contribution in [3.05, 3.63) is 0 Å². The van der Waals surface area contributed by atoms with Gasteiger partial charge in [-0.2, -0.15) is 0 Å². The number of nitrogens with one attached hydrogen (secondary N) is 1. The molecule has 0 saturated carbocycles. The average molecular weight is 231 g/mol. The van der Waals surface area contributed by atoms with Crippen LogP contribution in [0.1, 0.15) is 39.5 Å². The summed E-state index contributed by atoms with van der Waals surface area (Å²) in [7, 11) is 0. The summed E-state index contributed by atoms with van der Waals surface area (Å²) in [4.78, 5) is 21.9. The van der Waals surface area contributed by atoms with Crippen molar-refractivity contribution < 1.29 is 19.1 Å². The second kappa shape index (κ2) is 10.3. The molecule has 0 atom stereocenters. The van der Waals surface area contributed by atoms with Crippen LogP contribution in [0.4, 0.5) is 4.79 Å². The molecule has 5 nitrogen and oxygen atoms in total. The molecule has 0 unspecified atom stereocenters. The molecule has 5 heteroatoms. The molecule has 0 fully saturated rings. The molecule has 0 bridgehead atoms. The first-order chi connectivity index (χ1) is 7.70. The molecule has 0 heterocycles. The first kappa shape index (κ1) is 14.7. The molecule has 0 aromatic heterocycles. The zero-order valence-corrected chi connectivity index (χ0v) is 10.1. The molecule has 0 radical (unpaired) electrons. The van der Waals surface area contributed by atoms with Crippen LogP contribution in [0, 0.1) is 0 Å². The first-order valence-electron chi connectivity index (χ1n) is 5.77. The molecule has 0 aliphatic carbocycles. The SMILES string of the molecule is CCCOC(=O)NCCCOC(=O)CCC. The van der Waals surface area contributed by atoms with Gasteiger partial charge in [-0.25, -0.2) is 4.79 Å². The van der Waals surface area contributed by atoms with Crippen molar-refractivity contribution in [3.8, 4) is 0 Å². The number of rotatable bonds is 8. The summed E-state index contributed by atoms with van der Waals surface area (Å²) in [6.07, 6.45) is 2.24. The van der Waals surface area contributed by atoms with Gasteiger partial charge in [-0.05, 0) is 19.3 Å². The molecule has 16 heavy (non-hydrogen) atoms. The molecule has 0 spiro atoms. The lowest BCUT2D eigenvalue weighted by molar-refractivity contribution is -0.143. The van der Waals surface area contributed by atoms with Crippen molar-refractivity contribution in [1.82, 2.24) is 5.32 Å². The summed E-state index contributed by atoms with van der Waals surface area (Å²) < 4.78 is 9.71. The number of amides is 1. The molecule has 0 aliphatic heterocycles. The summed E-state index contributed by atoms with van der Waals surface area (Å²) in [6, 6.07) is 0. The number of ether oxygens (including phenoxy) is 2. The van der Waals surface area contributed by atoms with Crippen LogP contribution in [0.25, 0.3) is 0 Å². The Hall–Kier alpha value is -1.26. The Morgan fingerprint density at radius 3 is 2.44 bits per heavy atom. The van der Waals surface area contributed by atoms with E-state index in [4.69, 9.17) is 9.47 Å². The molecule has 0 rings (SSSR count). The fraction of sp³-hybridized carbons (Fsp3) is 0.818. The van der Waals surface area contributed by atoms with Gasteiger partial charge in [0.15, 0.2) is 0 Å². The molecular formula is C11H21NO4. The summed E-state index contributed by atoms with van der Waals surface area (Å²) in [5.74, 6) is -0.184. The number of esters is 1. The third-order valence-corrected chi connectivity index (χ3v) is 1.74. The maximum atomic E-state index is 11.0. The third-order valence-electron chi connectivity index (χ3n) is 1.74. The Bertz CT molecular complexity index is 206. The smallest absolute Gasteiger partial charge is 0.407 e. The van der Waals surface area contributed by atoms with Crippen molar-refractivity contribution in [2.45, 2.75) is 39.5 Å². The van der Waals surface area contributed by atoms with Crippen LogP contribution >= 0.6 is 0 Å². The second-order valence-corrected chi connectivity index (χ2v) is 3.39. The fourth-order valence-electron chi connectivity index (χ4n) is 0.971. The lowest BCUT2D eigenvalue weighted by Gasteiger charge is -2.06. The Morgan fingerprint density at radius 1 is 1.06 bits per heavy atom. The minimum Gasteiger partial charge on any atom is -0.466 e. The van der Waals surface area contributed by atoms with E-state index in [1.807, 2.05) is 13.8 Å². The molecule has 94 valence electrons. The molecule has 0 saturated heterocycles. The van der Waals surface area contributed by atoms with E-state index in [1.54, 1.807) is 0 Å². The van der Waals surface area contributed by atoms with Crippen molar-refractivity contribution in [2.24, 2.45) is 0 Å². The molecule has 0 aliphatic rings. The van der Waals surface area contributed by atoms with E-state index in [0.29, 0.717) is 32.6 Å². The van der Waals surface area contributed by atoms with Crippen LogP contribution in [-0.4, -0.2) is 31.8 Å². The summed E-state index contributed by atoms with van der Waals surface area (Å²) >= 11 is 0. The van der Waals surface area contributed by atoms with Gasteiger partial charge in [-0.3, -0.25) is 4.79 Å². The Balaban J connectivity index is 3.26. The van der Waals surface area contributed by atoms with E-state index in [0.717, 1.165) is 12.8 Å². The van der Waals surface area contributed by atoms with Crippen molar-refractivity contribution in [3.63, 3.8) is 0 Å². The zero-order chi connectivity index (χ0) is 12.2. The van der Waals surface area contributed by atoms with E-state index in [-0.39, 0.29) is 5.97 Å². The van der Waals surface area contributed by atoms with Gasteiger partial charge in [0.1, 0.15) is 0 Å². The van der Waals surface area contributed by atoms with E-state index in [9.17, 15) is 9.59 Å². The number of hydrogen-bond acceptors (Lipinski definition) is 4. The minimum atomic E-state index is -0.415. The zero-order valence-electron chi connectivity index (χ0n) is 10.1. The average Bonchev–Trinajstić information content (AvgIpc) is 2.26. The summed E-state index contributed by atoms with van der Waals surface area (Å²) in [5.41, 5.74) is 0. The highest BCUT2D eigenvalue weighted by molar-refractivity contribution is 5.69. The van der Waals surface area contributed by atoms with E-state index in [1.165, 1.54) is 0 Å². The van der Waals surface area contributed by atoms with Crippen LogP contribution in [0.15, 0.2) is 0 Å². The van der Waals surface area contributed by atoms with E-state index < -0.39 is 6.09 Å². The number of hydrogen-bond donors (Lipinski definition) is 1. The van der Waals surface area contributed by atoms with Gasteiger partial charge in [-0.15, -0.1) is 0 Å². The maximum absolute atomic E-state index is 11.0. The van der Waals surface area contributed by atoms with Gasteiger partial charge in [0, 0.05) is 13.0 Å². The summed E-state index contributed by atoms with van der Waals surface area (Å²) in [6.45, 7) is 5.08. The molecular weight excluding hydrogens is 210 g/mol. The summed E-state index contributed by atoms with van der Waals surface area (Å²) in [5, 5.41) is 2.57. The normalized spacial score (nSPS) is 9.62. The first-order valence-corrected chi connectivity index (χ1v) is 5.77. The monoisotopic (exact) mass is 231 g/mol. The second-order valence-electron chi connectivity index (χ2n) is 3.39. The Kier molecular flexibility index (Phi) is 9.46. The maximum Gasteiger partial charge on any atom is 0.407 e. The predicted octanol–water partition coefficient (Wildman–Crippen LogP) is 1.86. The number of carbonyl (C=O) groups is 2. The highest BCUT2D eigenvalue weighted by Crippen LogP contribution is 1.92. The van der Waals surface area contributed by atoms with Crippen LogP contribution in [-0.2, 0) is 14.3 Å². The van der Waals surface area contributed by atoms with Gasteiger partial charge in [0.25, 0.3) is 0 Å². The van der Waals surface area contributed by atoms with E-state index in [2.05, 4.69) is 5.32 Å². The van der Waals surface area contributed by atoms with Gasteiger partial charge in [0.05, 0.1) is 13.2 Å².